The first-order valence-electron chi connectivity index (χ1n) is 6.47. The Labute approximate surface area is 117 Å². The summed E-state index contributed by atoms with van der Waals surface area (Å²) in [4.78, 5) is 0. The number of nitrogens with two attached hydrogens (primary N) is 1. The van der Waals surface area contributed by atoms with Crippen molar-refractivity contribution in [3.8, 4) is 0 Å². The minimum Gasteiger partial charge on any atom is -0.397 e. The molecule has 3 nitrogen and oxygen atoms in total. The van der Waals surface area contributed by atoms with Gasteiger partial charge in [0, 0.05) is 11.0 Å². The molecular formula is C14H21BrN2O. The summed E-state index contributed by atoms with van der Waals surface area (Å²) in [7, 11) is 0. The Morgan fingerprint density at radius 2 is 2.11 bits per heavy atom. The van der Waals surface area contributed by atoms with E-state index in [1.807, 2.05) is 25.1 Å². The van der Waals surface area contributed by atoms with E-state index in [4.69, 9.17) is 5.73 Å². The Balaban J connectivity index is 1.87. The summed E-state index contributed by atoms with van der Waals surface area (Å²) in [5, 5.41) is 13.3. The van der Waals surface area contributed by atoms with Gasteiger partial charge in [-0.05, 0) is 56.7 Å². The Morgan fingerprint density at radius 3 is 2.78 bits per heavy atom. The number of anilines is 2. The summed E-state index contributed by atoms with van der Waals surface area (Å²) in [5.41, 5.74) is 7.24. The summed E-state index contributed by atoms with van der Waals surface area (Å²) in [5.74, 6) is 0.628. The van der Waals surface area contributed by atoms with E-state index in [0.717, 1.165) is 48.1 Å². The number of nitrogens with one attached hydrogen (secondary N) is 1. The number of benzene rings is 1. The monoisotopic (exact) mass is 312 g/mol. The van der Waals surface area contributed by atoms with Gasteiger partial charge in [-0.2, -0.15) is 0 Å². The zero-order chi connectivity index (χ0) is 13.2. The van der Waals surface area contributed by atoms with E-state index in [-0.39, 0.29) is 0 Å². The molecule has 0 bridgehead atoms. The predicted molar refractivity (Wildman–Crippen MR) is 79.6 cm³/mol. The third-order valence-electron chi connectivity index (χ3n) is 3.78. The van der Waals surface area contributed by atoms with Crippen LogP contribution in [-0.4, -0.2) is 17.3 Å². The van der Waals surface area contributed by atoms with Gasteiger partial charge in [0.25, 0.3) is 0 Å². The molecule has 1 aromatic carbocycles. The van der Waals surface area contributed by atoms with Crippen LogP contribution in [0.2, 0.25) is 0 Å². The zero-order valence-corrected chi connectivity index (χ0v) is 12.3. The van der Waals surface area contributed by atoms with Gasteiger partial charge in [0.05, 0.1) is 17.0 Å². The Bertz CT molecular complexity index is 410. The fourth-order valence-electron chi connectivity index (χ4n) is 2.44. The second kappa shape index (κ2) is 5.49. The lowest BCUT2D eigenvalue weighted by atomic mass is 9.80. The topological polar surface area (TPSA) is 58.3 Å². The molecule has 1 aliphatic carbocycles. The summed E-state index contributed by atoms with van der Waals surface area (Å²) in [6.07, 6.45) is 3.95. The van der Waals surface area contributed by atoms with Crippen molar-refractivity contribution in [2.75, 3.05) is 17.6 Å². The molecule has 0 aromatic heterocycles. The van der Waals surface area contributed by atoms with Crippen LogP contribution in [0.25, 0.3) is 0 Å². The molecule has 100 valence electrons. The predicted octanol–water partition coefficient (Wildman–Crippen LogP) is 3.38. The normalized spacial score (nSPS) is 28.1. The molecular weight excluding hydrogens is 292 g/mol. The second-order valence-electron chi connectivity index (χ2n) is 5.55. The maximum Gasteiger partial charge on any atom is 0.0620 e. The summed E-state index contributed by atoms with van der Waals surface area (Å²) in [6, 6.07) is 5.85. The van der Waals surface area contributed by atoms with Crippen molar-refractivity contribution in [2.24, 2.45) is 5.92 Å². The van der Waals surface area contributed by atoms with Gasteiger partial charge in [-0.15, -0.1) is 0 Å². The summed E-state index contributed by atoms with van der Waals surface area (Å²) < 4.78 is 1.03. The van der Waals surface area contributed by atoms with E-state index in [1.54, 1.807) is 0 Å². The SMILES string of the molecule is C[C@]1(O)CC[C@H](CNc2cc(Br)ccc2N)CC1. The maximum absolute atomic E-state index is 9.91. The van der Waals surface area contributed by atoms with Crippen LogP contribution in [0.1, 0.15) is 32.6 Å². The Morgan fingerprint density at radius 1 is 1.44 bits per heavy atom. The first-order valence-corrected chi connectivity index (χ1v) is 7.27. The van der Waals surface area contributed by atoms with Crippen LogP contribution < -0.4 is 11.1 Å². The van der Waals surface area contributed by atoms with Crippen molar-refractivity contribution in [1.29, 1.82) is 0 Å². The van der Waals surface area contributed by atoms with E-state index in [1.165, 1.54) is 0 Å². The van der Waals surface area contributed by atoms with E-state index < -0.39 is 5.60 Å². The van der Waals surface area contributed by atoms with Gasteiger partial charge in [0.2, 0.25) is 0 Å². The Hall–Kier alpha value is -0.740. The smallest absolute Gasteiger partial charge is 0.0620 e. The highest BCUT2D eigenvalue weighted by Crippen LogP contribution is 2.32. The van der Waals surface area contributed by atoms with Crippen LogP contribution in [0, 0.1) is 5.92 Å². The fourth-order valence-corrected chi connectivity index (χ4v) is 2.80. The Kier molecular flexibility index (Phi) is 4.17. The first-order chi connectivity index (χ1) is 8.46. The minimum absolute atomic E-state index is 0.453. The largest absolute Gasteiger partial charge is 0.397 e. The van der Waals surface area contributed by atoms with E-state index in [0.29, 0.717) is 5.92 Å². The lowest BCUT2D eigenvalue weighted by Gasteiger charge is -2.33. The van der Waals surface area contributed by atoms with Gasteiger partial charge in [0.15, 0.2) is 0 Å². The molecule has 0 atom stereocenters. The molecule has 4 heteroatoms. The summed E-state index contributed by atoms with van der Waals surface area (Å²) in [6.45, 7) is 2.86. The molecule has 1 aromatic rings. The molecule has 0 aliphatic heterocycles. The minimum atomic E-state index is -0.453. The van der Waals surface area contributed by atoms with Crippen molar-refractivity contribution in [3.63, 3.8) is 0 Å². The highest BCUT2D eigenvalue weighted by Gasteiger charge is 2.28. The average molecular weight is 313 g/mol. The van der Waals surface area contributed by atoms with Crippen LogP contribution in [-0.2, 0) is 0 Å². The highest BCUT2D eigenvalue weighted by molar-refractivity contribution is 9.10. The van der Waals surface area contributed by atoms with Crippen molar-refractivity contribution < 1.29 is 5.11 Å². The molecule has 0 spiro atoms. The third-order valence-corrected chi connectivity index (χ3v) is 4.27. The van der Waals surface area contributed by atoms with Gasteiger partial charge in [-0.3, -0.25) is 0 Å². The van der Waals surface area contributed by atoms with Gasteiger partial charge < -0.3 is 16.2 Å². The van der Waals surface area contributed by atoms with Crippen molar-refractivity contribution >= 4 is 27.3 Å². The van der Waals surface area contributed by atoms with Crippen LogP contribution in [0.5, 0.6) is 0 Å². The molecule has 0 heterocycles. The highest BCUT2D eigenvalue weighted by atomic mass is 79.9. The van der Waals surface area contributed by atoms with Gasteiger partial charge in [-0.1, -0.05) is 15.9 Å². The molecule has 0 unspecified atom stereocenters. The number of nitrogen functional groups attached to an aromatic ring is 1. The number of hydrogen-bond acceptors (Lipinski definition) is 3. The number of rotatable bonds is 3. The standard InChI is InChI=1S/C14H21BrN2O/c1-14(18)6-4-10(5-7-14)9-17-13-8-11(15)2-3-12(13)16/h2-3,8,10,17-18H,4-7,9,16H2,1H3/t10-,14-. The first kappa shape index (κ1) is 13.7. The van der Waals surface area contributed by atoms with Crippen LogP contribution in [0.3, 0.4) is 0 Å². The molecule has 1 fully saturated rings. The molecule has 1 aliphatic rings. The number of aliphatic hydroxyl groups is 1. The van der Waals surface area contributed by atoms with E-state index in [2.05, 4.69) is 21.2 Å². The second-order valence-corrected chi connectivity index (χ2v) is 6.47. The van der Waals surface area contributed by atoms with Gasteiger partial charge >= 0.3 is 0 Å². The van der Waals surface area contributed by atoms with Gasteiger partial charge in [-0.25, -0.2) is 0 Å². The van der Waals surface area contributed by atoms with Crippen molar-refractivity contribution in [3.05, 3.63) is 22.7 Å². The third kappa shape index (κ3) is 3.62. The molecule has 0 amide bonds. The summed E-state index contributed by atoms with van der Waals surface area (Å²) >= 11 is 3.45. The molecule has 1 saturated carbocycles. The lowest BCUT2D eigenvalue weighted by Crippen LogP contribution is -2.32. The average Bonchev–Trinajstić information content (AvgIpc) is 2.32. The van der Waals surface area contributed by atoms with E-state index >= 15 is 0 Å². The maximum atomic E-state index is 9.91. The van der Waals surface area contributed by atoms with Crippen LogP contribution >= 0.6 is 15.9 Å². The lowest BCUT2D eigenvalue weighted by molar-refractivity contribution is 0.00977. The molecule has 2 rings (SSSR count). The fraction of sp³-hybridized carbons (Fsp3) is 0.571. The zero-order valence-electron chi connectivity index (χ0n) is 10.7. The number of hydrogen-bond donors (Lipinski definition) is 3. The van der Waals surface area contributed by atoms with E-state index in [9.17, 15) is 5.11 Å². The van der Waals surface area contributed by atoms with Crippen molar-refractivity contribution in [1.82, 2.24) is 0 Å². The quantitative estimate of drug-likeness (QED) is 0.750. The molecule has 0 radical (unpaired) electrons. The number of halogens is 1. The van der Waals surface area contributed by atoms with Gasteiger partial charge in [0.1, 0.15) is 0 Å². The van der Waals surface area contributed by atoms with Crippen molar-refractivity contribution in [2.45, 2.75) is 38.2 Å². The van der Waals surface area contributed by atoms with Crippen LogP contribution in [0.15, 0.2) is 22.7 Å². The molecule has 0 saturated heterocycles. The molecule has 4 N–H and O–H groups in total. The molecule has 18 heavy (non-hydrogen) atoms. The van der Waals surface area contributed by atoms with Crippen LogP contribution in [0.4, 0.5) is 11.4 Å².